The van der Waals surface area contributed by atoms with E-state index in [0.717, 1.165) is 67.2 Å². The summed E-state index contributed by atoms with van der Waals surface area (Å²) in [6, 6.07) is 13.4. The smallest absolute Gasteiger partial charge is 0.103 e. The molecule has 1 saturated carbocycles. The Balaban J connectivity index is 1.41. The summed E-state index contributed by atoms with van der Waals surface area (Å²) < 4.78 is 5.49. The lowest BCUT2D eigenvalue weighted by Gasteiger charge is -2.34. The third kappa shape index (κ3) is 5.99. The molecule has 1 saturated heterocycles. The molecule has 10 heteroatoms. The van der Waals surface area contributed by atoms with Gasteiger partial charge in [-0.25, -0.2) is 0 Å². The Kier molecular flexibility index (Phi) is 7.90. The highest BCUT2D eigenvalue weighted by Crippen LogP contribution is 2.38. The van der Waals surface area contributed by atoms with E-state index in [1.165, 1.54) is 11.1 Å². The van der Waals surface area contributed by atoms with E-state index < -0.39 is 0 Å². The second-order valence-corrected chi connectivity index (χ2v) is 13.2. The molecule has 2 fully saturated rings. The standard InChI is InChI=1S/C32H39ClN8O/c1-32(2,3)18-38-29-20(11-34)12-37-30-25(29)9-22(10-27(30)33)39-31(28(40-35)13-36-21-7-8-21)24-6-4-5-19-14-41(15-26(19)24)23-16-42-17-23/h4-6,9-10,12-13,21,23,31,36,39-40H,7-8,14-18,35H2,1-3H3,(H,37,38)/b28-13-/t31-/m0/s1. The van der Waals surface area contributed by atoms with E-state index >= 15 is 0 Å². The first-order valence-corrected chi connectivity index (χ1v) is 15.0. The molecule has 6 N–H and O–H groups in total. The van der Waals surface area contributed by atoms with Crippen LogP contribution in [0.1, 0.15) is 61.9 Å². The van der Waals surface area contributed by atoms with Gasteiger partial charge in [-0.15, -0.1) is 0 Å². The highest BCUT2D eigenvalue weighted by Gasteiger charge is 2.34. The van der Waals surface area contributed by atoms with Gasteiger partial charge in [0.2, 0.25) is 0 Å². The molecule has 1 aliphatic carbocycles. The first kappa shape index (κ1) is 28.6. The molecule has 3 aliphatic rings. The summed E-state index contributed by atoms with van der Waals surface area (Å²) in [5.41, 5.74) is 10.3. The SMILES string of the molecule is CC(C)(C)CNc1c(C#N)cnc2c(Cl)cc(N[C@H](/C(=C/NC3CC3)NN)c3cccc4c3CN(C3COC3)C4)cc12. The van der Waals surface area contributed by atoms with Crippen LogP contribution in [0.15, 0.2) is 48.4 Å². The Hall–Kier alpha value is -3.55. The van der Waals surface area contributed by atoms with Crippen molar-refractivity contribution in [2.45, 2.75) is 64.8 Å². The van der Waals surface area contributed by atoms with Crippen molar-refractivity contribution in [1.29, 1.82) is 5.26 Å². The molecule has 0 unspecified atom stereocenters. The van der Waals surface area contributed by atoms with E-state index in [-0.39, 0.29) is 11.5 Å². The van der Waals surface area contributed by atoms with E-state index in [1.54, 1.807) is 6.20 Å². The van der Waals surface area contributed by atoms with E-state index in [1.807, 2.05) is 18.3 Å². The van der Waals surface area contributed by atoms with Crippen LogP contribution < -0.4 is 27.2 Å². The highest BCUT2D eigenvalue weighted by molar-refractivity contribution is 6.35. The van der Waals surface area contributed by atoms with Gasteiger partial charge in [-0.2, -0.15) is 5.26 Å². The van der Waals surface area contributed by atoms with E-state index in [4.69, 9.17) is 22.2 Å². The van der Waals surface area contributed by atoms with Crippen LogP contribution in [0.2, 0.25) is 5.02 Å². The molecule has 0 amide bonds. The first-order valence-electron chi connectivity index (χ1n) is 14.6. The summed E-state index contributed by atoms with van der Waals surface area (Å²) in [4.78, 5) is 7.03. The minimum atomic E-state index is -0.277. The van der Waals surface area contributed by atoms with Gasteiger partial charge in [-0.3, -0.25) is 15.7 Å². The molecule has 3 heterocycles. The van der Waals surface area contributed by atoms with Gasteiger partial charge in [0.05, 0.1) is 52.8 Å². The van der Waals surface area contributed by atoms with Crippen LogP contribution in [0.4, 0.5) is 11.4 Å². The molecule has 0 spiro atoms. The summed E-state index contributed by atoms with van der Waals surface area (Å²) >= 11 is 6.84. The summed E-state index contributed by atoms with van der Waals surface area (Å²) in [6.07, 6.45) is 5.90. The van der Waals surface area contributed by atoms with Crippen LogP contribution in [0.5, 0.6) is 0 Å². The molecule has 1 atom stereocenters. The predicted octanol–water partition coefficient (Wildman–Crippen LogP) is 5.14. The number of ether oxygens (including phenoxy) is 1. The van der Waals surface area contributed by atoms with Crippen LogP contribution in [0, 0.1) is 16.7 Å². The average molecular weight is 587 g/mol. The normalized spacial score (nSPS) is 18.2. The minimum Gasteiger partial charge on any atom is -0.387 e. The molecule has 6 rings (SSSR count). The van der Waals surface area contributed by atoms with E-state index in [2.05, 4.69) is 76.3 Å². The third-order valence-electron chi connectivity index (χ3n) is 8.17. The average Bonchev–Trinajstić information content (AvgIpc) is 3.66. The molecular formula is C32H39ClN8O. The number of nitrogens with zero attached hydrogens (tertiary/aromatic N) is 3. The molecule has 9 nitrogen and oxygen atoms in total. The Labute approximate surface area is 252 Å². The maximum Gasteiger partial charge on any atom is 0.103 e. The van der Waals surface area contributed by atoms with Crippen LogP contribution in [-0.4, -0.2) is 41.7 Å². The minimum absolute atomic E-state index is 0.0152. The van der Waals surface area contributed by atoms with Crippen LogP contribution in [-0.2, 0) is 17.8 Å². The van der Waals surface area contributed by atoms with E-state index in [0.29, 0.717) is 34.7 Å². The van der Waals surface area contributed by atoms with Gasteiger partial charge < -0.3 is 26.1 Å². The van der Waals surface area contributed by atoms with E-state index in [9.17, 15) is 5.26 Å². The second-order valence-electron chi connectivity index (χ2n) is 12.8. The first-order chi connectivity index (χ1) is 20.2. The van der Waals surface area contributed by atoms with Gasteiger partial charge in [-0.05, 0) is 47.1 Å². The van der Waals surface area contributed by atoms with Gasteiger partial charge in [-0.1, -0.05) is 50.6 Å². The van der Waals surface area contributed by atoms with Crippen molar-refractivity contribution in [2.24, 2.45) is 11.3 Å². The number of nitrogens with one attached hydrogen (secondary N) is 4. The van der Waals surface area contributed by atoms with Crippen LogP contribution in [0.3, 0.4) is 0 Å². The Bertz CT molecular complexity index is 1550. The second kappa shape index (κ2) is 11.6. The number of pyridine rings is 1. The maximum absolute atomic E-state index is 9.90. The Morgan fingerprint density at radius 1 is 1.26 bits per heavy atom. The number of fused-ring (bicyclic) bond motifs is 2. The van der Waals surface area contributed by atoms with Crippen molar-refractivity contribution >= 4 is 33.9 Å². The van der Waals surface area contributed by atoms with Crippen LogP contribution in [0.25, 0.3) is 10.9 Å². The molecule has 1 aromatic heterocycles. The van der Waals surface area contributed by atoms with Crippen molar-refractivity contribution in [3.05, 3.63) is 75.7 Å². The molecule has 0 bridgehead atoms. The number of hydrogen-bond acceptors (Lipinski definition) is 9. The highest BCUT2D eigenvalue weighted by atomic mass is 35.5. The zero-order valence-corrected chi connectivity index (χ0v) is 25.2. The monoisotopic (exact) mass is 586 g/mol. The fraction of sp³-hybridized carbons (Fsp3) is 0.438. The Morgan fingerprint density at radius 3 is 2.74 bits per heavy atom. The van der Waals surface area contributed by atoms with Crippen molar-refractivity contribution in [3.8, 4) is 6.07 Å². The zero-order chi connectivity index (χ0) is 29.4. The lowest BCUT2D eigenvalue weighted by atomic mass is 9.95. The predicted molar refractivity (Wildman–Crippen MR) is 168 cm³/mol. The number of halogens is 1. The number of aromatic nitrogens is 1. The fourth-order valence-electron chi connectivity index (χ4n) is 5.56. The van der Waals surface area contributed by atoms with Crippen molar-refractivity contribution in [3.63, 3.8) is 0 Å². The fourth-order valence-corrected chi connectivity index (χ4v) is 5.83. The van der Waals surface area contributed by atoms with Crippen molar-refractivity contribution in [1.82, 2.24) is 20.6 Å². The topological polar surface area (TPSA) is 123 Å². The van der Waals surface area contributed by atoms with Gasteiger partial charge >= 0.3 is 0 Å². The number of nitriles is 1. The van der Waals surface area contributed by atoms with Gasteiger partial charge in [0, 0.05) is 49.1 Å². The molecule has 0 radical (unpaired) electrons. The molecular weight excluding hydrogens is 548 g/mol. The number of rotatable bonds is 10. The molecule has 2 aromatic carbocycles. The maximum atomic E-state index is 9.90. The number of benzene rings is 2. The molecule has 3 aromatic rings. The molecule has 2 aliphatic heterocycles. The summed E-state index contributed by atoms with van der Waals surface area (Å²) in [5.74, 6) is 6.18. The number of hydrazine groups is 1. The third-order valence-corrected chi connectivity index (χ3v) is 8.46. The number of anilines is 2. The largest absolute Gasteiger partial charge is 0.387 e. The van der Waals surface area contributed by atoms with Crippen molar-refractivity contribution in [2.75, 3.05) is 30.4 Å². The Morgan fingerprint density at radius 2 is 2.07 bits per heavy atom. The van der Waals surface area contributed by atoms with Crippen molar-refractivity contribution < 1.29 is 4.74 Å². The van der Waals surface area contributed by atoms with Gasteiger partial charge in [0.25, 0.3) is 0 Å². The summed E-state index contributed by atoms with van der Waals surface area (Å²) in [7, 11) is 0. The lowest BCUT2D eigenvalue weighted by Crippen LogP contribution is -2.46. The van der Waals surface area contributed by atoms with Crippen LogP contribution >= 0.6 is 11.6 Å². The quantitative estimate of drug-likeness (QED) is 0.162. The summed E-state index contributed by atoms with van der Waals surface area (Å²) in [6.45, 7) is 10.5. The molecule has 42 heavy (non-hydrogen) atoms. The summed E-state index contributed by atoms with van der Waals surface area (Å²) in [5, 5.41) is 21.9. The van der Waals surface area contributed by atoms with Gasteiger partial charge in [0.15, 0.2) is 0 Å². The number of hydrogen-bond donors (Lipinski definition) is 5. The lowest BCUT2D eigenvalue weighted by molar-refractivity contribution is -0.0670. The number of nitrogens with two attached hydrogens (primary N) is 1. The zero-order valence-electron chi connectivity index (χ0n) is 24.4. The molecule has 220 valence electrons. The van der Waals surface area contributed by atoms with Gasteiger partial charge in [0.1, 0.15) is 6.07 Å².